The molecule has 2 fully saturated rings. The Morgan fingerprint density at radius 3 is 1.91 bits per heavy atom. The molecule has 0 spiro atoms. The molecule has 0 aliphatic carbocycles. The summed E-state index contributed by atoms with van der Waals surface area (Å²) in [6, 6.07) is 0. The van der Waals surface area contributed by atoms with E-state index < -0.39 is 73.8 Å². The molecule has 10 nitrogen and oxygen atoms in total. The SMILES string of the molecule is OCC1OC(S)[C@@H](O)C(O)[C@@H]1OC1OC(CO)[C@@H](O)[C@H](O)[C@@H]1O. The molecule has 2 aliphatic rings. The van der Waals surface area contributed by atoms with E-state index >= 15 is 0 Å². The summed E-state index contributed by atoms with van der Waals surface area (Å²) in [5, 5.41) is 67.6. The van der Waals surface area contributed by atoms with E-state index in [9.17, 15) is 30.6 Å². The number of aliphatic hydroxyl groups excluding tert-OH is 7. The van der Waals surface area contributed by atoms with Crippen LogP contribution in [0.1, 0.15) is 0 Å². The van der Waals surface area contributed by atoms with E-state index in [0.29, 0.717) is 0 Å². The highest BCUT2D eigenvalue weighted by atomic mass is 32.1. The topological polar surface area (TPSA) is 169 Å². The summed E-state index contributed by atoms with van der Waals surface area (Å²) in [5.41, 5.74) is -1.04. The molecule has 0 amide bonds. The van der Waals surface area contributed by atoms with Crippen molar-refractivity contribution in [3.05, 3.63) is 0 Å². The lowest BCUT2D eigenvalue weighted by atomic mass is 9.97. The second kappa shape index (κ2) is 7.89. The van der Waals surface area contributed by atoms with Gasteiger partial charge in [0.1, 0.15) is 54.3 Å². The fourth-order valence-electron chi connectivity index (χ4n) is 2.57. The third-order valence-corrected chi connectivity index (χ3v) is 4.41. The third kappa shape index (κ3) is 3.80. The highest BCUT2D eigenvalue weighted by Crippen LogP contribution is 2.29. The molecular weight excluding hydrogens is 336 g/mol. The van der Waals surface area contributed by atoms with E-state index in [2.05, 4.69) is 12.6 Å². The molecule has 2 rings (SSSR count). The summed E-state index contributed by atoms with van der Waals surface area (Å²) in [5.74, 6) is 0. The van der Waals surface area contributed by atoms with Crippen molar-refractivity contribution in [3.8, 4) is 0 Å². The van der Waals surface area contributed by atoms with Crippen LogP contribution < -0.4 is 0 Å². The van der Waals surface area contributed by atoms with Crippen LogP contribution in [0.25, 0.3) is 0 Å². The molecule has 0 aromatic carbocycles. The maximum absolute atomic E-state index is 10.1. The maximum Gasteiger partial charge on any atom is 0.187 e. The number of hydrogen-bond donors (Lipinski definition) is 8. The second-order valence-electron chi connectivity index (χ2n) is 5.53. The lowest BCUT2D eigenvalue weighted by molar-refractivity contribution is -0.338. The first-order chi connectivity index (χ1) is 10.8. The van der Waals surface area contributed by atoms with Gasteiger partial charge in [-0.25, -0.2) is 0 Å². The fourth-order valence-corrected chi connectivity index (χ4v) is 2.90. The average Bonchev–Trinajstić information content (AvgIpc) is 2.55. The fraction of sp³-hybridized carbons (Fsp3) is 1.00. The molecule has 0 bridgehead atoms. The van der Waals surface area contributed by atoms with E-state index in [4.69, 9.17) is 19.3 Å². The minimum absolute atomic E-state index is 0.567. The third-order valence-electron chi connectivity index (χ3n) is 3.98. The van der Waals surface area contributed by atoms with Crippen LogP contribution in [-0.2, 0) is 14.2 Å². The van der Waals surface area contributed by atoms with E-state index in [1.807, 2.05) is 0 Å². The predicted molar refractivity (Wildman–Crippen MR) is 75.4 cm³/mol. The van der Waals surface area contributed by atoms with Crippen molar-refractivity contribution in [3.63, 3.8) is 0 Å². The van der Waals surface area contributed by atoms with Gasteiger partial charge in [-0.15, -0.1) is 12.6 Å². The number of hydrogen-bond acceptors (Lipinski definition) is 11. The first kappa shape index (κ1) is 19.3. The molecule has 0 radical (unpaired) electrons. The minimum atomic E-state index is -1.68. The van der Waals surface area contributed by atoms with Crippen LogP contribution in [0.3, 0.4) is 0 Å². The van der Waals surface area contributed by atoms with Gasteiger partial charge in [-0.1, -0.05) is 0 Å². The molecule has 11 heteroatoms. The molecule has 0 aromatic heterocycles. The predicted octanol–water partition coefficient (Wildman–Crippen LogP) is -4.46. The van der Waals surface area contributed by atoms with Crippen LogP contribution in [-0.4, -0.2) is 110 Å². The minimum Gasteiger partial charge on any atom is -0.394 e. The van der Waals surface area contributed by atoms with Gasteiger partial charge >= 0.3 is 0 Å². The van der Waals surface area contributed by atoms with Crippen molar-refractivity contribution < 1.29 is 50.0 Å². The summed E-state index contributed by atoms with van der Waals surface area (Å²) in [6.45, 7) is -1.21. The summed E-state index contributed by atoms with van der Waals surface area (Å²) in [6.07, 6.45) is -12.9. The Morgan fingerprint density at radius 1 is 0.739 bits per heavy atom. The van der Waals surface area contributed by atoms with Gasteiger partial charge < -0.3 is 50.0 Å². The monoisotopic (exact) mass is 358 g/mol. The zero-order valence-corrected chi connectivity index (χ0v) is 12.9. The molecule has 136 valence electrons. The Bertz CT molecular complexity index is 383. The summed E-state index contributed by atoms with van der Waals surface area (Å²) in [7, 11) is 0. The van der Waals surface area contributed by atoms with Gasteiger partial charge in [-0.2, -0.15) is 0 Å². The number of ether oxygens (including phenoxy) is 3. The van der Waals surface area contributed by atoms with E-state index in [1.165, 1.54) is 0 Å². The molecule has 2 saturated heterocycles. The largest absolute Gasteiger partial charge is 0.394 e. The Hall–Kier alpha value is -0.0500. The van der Waals surface area contributed by atoms with Gasteiger partial charge in [0.05, 0.1) is 13.2 Å². The normalized spacial score (nSPS) is 51.7. The van der Waals surface area contributed by atoms with E-state index in [1.54, 1.807) is 0 Å². The van der Waals surface area contributed by atoms with Crippen molar-refractivity contribution in [1.29, 1.82) is 0 Å². The molecule has 2 heterocycles. The van der Waals surface area contributed by atoms with Crippen molar-refractivity contribution in [2.24, 2.45) is 0 Å². The summed E-state index contributed by atoms with van der Waals surface area (Å²) in [4.78, 5) is 0. The molecule has 2 aliphatic heterocycles. The summed E-state index contributed by atoms with van der Waals surface area (Å²) >= 11 is 3.92. The number of rotatable bonds is 4. The summed E-state index contributed by atoms with van der Waals surface area (Å²) < 4.78 is 15.7. The Kier molecular flexibility index (Phi) is 6.61. The average molecular weight is 358 g/mol. The quantitative estimate of drug-likeness (QED) is 0.229. The van der Waals surface area contributed by atoms with Gasteiger partial charge in [-0.3, -0.25) is 0 Å². The van der Waals surface area contributed by atoms with Gasteiger partial charge in [0.15, 0.2) is 6.29 Å². The zero-order chi connectivity index (χ0) is 17.3. The smallest absolute Gasteiger partial charge is 0.187 e. The van der Waals surface area contributed by atoms with Crippen LogP contribution in [0, 0.1) is 0 Å². The molecule has 7 N–H and O–H groups in total. The van der Waals surface area contributed by atoms with Crippen LogP contribution in [0.5, 0.6) is 0 Å². The van der Waals surface area contributed by atoms with Gasteiger partial charge in [-0.05, 0) is 0 Å². The van der Waals surface area contributed by atoms with Crippen molar-refractivity contribution in [2.75, 3.05) is 13.2 Å². The highest BCUT2D eigenvalue weighted by Gasteiger charge is 2.49. The van der Waals surface area contributed by atoms with Gasteiger partial charge in [0.25, 0.3) is 0 Å². The molecule has 10 atom stereocenters. The Balaban J connectivity index is 2.11. The molecular formula is C12H22O10S. The molecule has 23 heavy (non-hydrogen) atoms. The lowest BCUT2D eigenvalue weighted by Crippen LogP contribution is -2.63. The van der Waals surface area contributed by atoms with Crippen LogP contribution in [0.15, 0.2) is 0 Å². The standard InChI is InChI=1S/C12H22O10S/c13-1-3-5(15)6(16)8(18)11(20-3)22-10-4(2-14)21-12(23)9(19)7(10)17/h3-19,23H,1-2H2/t3?,4?,5-,6+,7?,8+,9+,10-,11?,12?/m1/s1. The Morgan fingerprint density at radius 2 is 1.35 bits per heavy atom. The van der Waals surface area contributed by atoms with Gasteiger partial charge in [0.2, 0.25) is 0 Å². The van der Waals surface area contributed by atoms with E-state index in [-0.39, 0.29) is 0 Å². The van der Waals surface area contributed by atoms with Gasteiger partial charge in [0, 0.05) is 0 Å². The van der Waals surface area contributed by atoms with E-state index in [0.717, 1.165) is 0 Å². The van der Waals surface area contributed by atoms with Crippen LogP contribution >= 0.6 is 12.6 Å². The molecule has 5 unspecified atom stereocenters. The van der Waals surface area contributed by atoms with Crippen molar-refractivity contribution >= 4 is 12.6 Å². The lowest BCUT2D eigenvalue weighted by Gasteiger charge is -2.45. The zero-order valence-electron chi connectivity index (χ0n) is 12.0. The van der Waals surface area contributed by atoms with Crippen LogP contribution in [0.4, 0.5) is 0 Å². The first-order valence-electron chi connectivity index (χ1n) is 7.08. The number of aliphatic hydroxyl groups is 7. The second-order valence-corrected chi connectivity index (χ2v) is 6.04. The van der Waals surface area contributed by atoms with Crippen molar-refractivity contribution in [2.45, 2.75) is 60.6 Å². The molecule has 0 saturated carbocycles. The maximum atomic E-state index is 10.1. The molecule has 0 aromatic rings. The Labute approximate surface area is 137 Å². The van der Waals surface area contributed by atoms with Crippen LogP contribution in [0.2, 0.25) is 0 Å². The first-order valence-corrected chi connectivity index (χ1v) is 7.60. The van der Waals surface area contributed by atoms with Crippen molar-refractivity contribution in [1.82, 2.24) is 0 Å². The number of thiol groups is 1. The highest BCUT2D eigenvalue weighted by molar-refractivity contribution is 7.80.